The van der Waals surface area contributed by atoms with Crippen LogP contribution in [0.15, 0.2) is 24.9 Å². The maximum absolute atomic E-state index is 4.22. The van der Waals surface area contributed by atoms with Crippen LogP contribution in [0.4, 0.5) is 0 Å². The molecule has 5 heteroatoms. The van der Waals surface area contributed by atoms with E-state index < -0.39 is 0 Å². The third kappa shape index (κ3) is 3.17. The molecule has 0 spiro atoms. The minimum absolute atomic E-state index is 0.892. The van der Waals surface area contributed by atoms with Gasteiger partial charge in [0.25, 0.3) is 0 Å². The third-order valence-corrected chi connectivity index (χ3v) is 2.98. The summed E-state index contributed by atoms with van der Waals surface area (Å²) in [5.41, 5.74) is 2.50. The topological polar surface area (TPSA) is 47.7 Å². The monoisotopic (exact) mass is 233 g/mol. The molecular weight excluding hydrogens is 214 g/mol. The van der Waals surface area contributed by atoms with E-state index in [9.17, 15) is 0 Å². The molecule has 0 unspecified atom stereocenters. The predicted octanol–water partition coefficient (Wildman–Crippen LogP) is 1.10. The van der Waals surface area contributed by atoms with Gasteiger partial charge in [-0.1, -0.05) is 0 Å². The molecule has 5 nitrogen and oxygen atoms in total. The lowest BCUT2D eigenvalue weighted by Crippen LogP contribution is -2.16. The van der Waals surface area contributed by atoms with Crippen LogP contribution in [0, 0.1) is 6.92 Å². The Bertz CT molecular complexity index is 443. The molecule has 0 fully saturated rings. The van der Waals surface area contributed by atoms with E-state index >= 15 is 0 Å². The Morgan fingerprint density at radius 2 is 2.29 bits per heavy atom. The van der Waals surface area contributed by atoms with Crippen molar-refractivity contribution >= 4 is 0 Å². The van der Waals surface area contributed by atoms with Crippen LogP contribution >= 0.6 is 0 Å². The molecule has 2 heterocycles. The van der Waals surface area contributed by atoms with Gasteiger partial charge in [0.15, 0.2) is 0 Å². The van der Waals surface area contributed by atoms with Gasteiger partial charge < -0.3 is 9.88 Å². The molecule has 0 saturated heterocycles. The van der Waals surface area contributed by atoms with Crippen molar-refractivity contribution in [1.82, 2.24) is 24.6 Å². The van der Waals surface area contributed by atoms with Crippen molar-refractivity contribution in [1.29, 1.82) is 0 Å². The second-order valence-electron chi connectivity index (χ2n) is 4.21. The van der Waals surface area contributed by atoms with Gasteiger partial charge in [-0.2, -0.15) is 5.10 Å². The largest absolute Gasteiger partial charge is 0.337 e. The Labute approximate surface area is 101 Å². The molecule has 0 amide bonds. The smallest absolute Gasteiger partial charge is 0.0945 e. The van der Waals surface area contributed by atoms with Crippen LogP contribution in [-0.4, -0.2) is 25.9 Å². The number of nitrogens with one attached hydrogen (secondary N) is 1. The quantitative estimate of drug-likeness (QED) is 0.760. The minimum Gasteiger partial charge on any atom is -0.337 e. The van der Waals surface area contributed by atoms with Crippen molar-refractivity contribution < 1.29 is 0 Å². The normalized spacial score (nSPS) is 10.9. The molecule has 2 rings (SSSR count). The highest BCUT2D eigenvalue weighted by Gasteiger charge is 2.02. The molecule has 2 aromatic rings. The molecule has 0 bridgehead atoms. The average Bonchev–Trinajstić information content (AvgIpc) is 2.93. The molecule has 0 saturated carbocycles. The van der Waals surface area contributed by atoms with Crippen molar-refractivity contribution in [2.45, 2.75) is 26.4 Å². The highest BCUT2D eigenvalue weighted by molar-refractivity contribution is 5.15. The van der Waals surface area contributed by atoms with Gasteiger partial charge in [-0.25, -0.2) is 4.98 Å². The van der Waals surface area contributed by atoms with Crippen LogP contribution in [-0.2, 0) is 20.1 Å². The first kappa shape index (κ1) is 11.9. The van der Waals surface area contributed by atoms with Gasteiger partial charge in [0, 0.05) is 43.8 Å². The number of hydrogen-bond acceptors (Lipinski definition) is 3. The Morgan fingerprint density at radius 1 is 1.41 bits per heavy atom. The Hall–Kier alpha value is -1.62. The molecule has 0 aromatic carbocycles. The van der Waals surface area contributed by atoms with Gasteiger partial charge >= 0.3 is 0 Å². The summed E-state index contributed by atoms with van der Waals surface area (Å²) in [6, 6.07) is 0. The van der Waals surface area contributed by atoms with E-state index in [-0.39, 0.29) is 0 Å². The highest BCUT2D eigenvalue weighted by Crippen LogP contribution is 2.04. The summed E-state index contributed by atoms with van der Waals surface area (Å²) < 4.78 is 4.00. The van der Waals surface area contributed by atoms with Crippen LogP contribution in [0.2, 0.25) is 0 Å². The lowest BCUT2D eigenvalue weighted by molar-refractivity contribution is 0.579. The van der Waals surface area contributed by atoms with Crippen LogP contribution < -0.4 is 5.32 Å². The summed E-state index contributed by atoms with van der Waals surface area (Å²) in [7, 11) is 1.97. The Kier molecular flexibility index (Phi) is 3.93. The number of hydrogen-bond donors (Lipinski definition) is 1. The number of aromatic nitrogens is 4. The summed E-state index contributed by atoms with van der Waals surface area (Å²) >= 11 is 0. The van der Waals surface area contributed by atoms with E-state index in [1.54, 1.807) is 0 Å². The summed E-state index contributed by atoms with van der Waals surface area (Å²) in [5.74, 6) is 0. The molecule has 1 N–H and O–H groups in total. The second-order valence-corrected chi connectivity index (χ2v) is 4.21. The third-order valence-electron chi connectivity index (χ3n) is 2.98. The lowest BCUT2D eigenvalue weighted by atomic mass is 10.2. The van der Waals surface area contributed by atoms with Crippen LogP contribution in [0.5, 0.6) is 0 Å². The lowest BCUT2D eigenvalue weighted by Gasteiger charge is -2.05. The van der Waals surface area contributed by atoms with Gasteiger partial charge in [0.1, 0.15) is 0 Å². The SMILES string of the molecule is Cc1c(CNCCCn2ccnc2)cnn1C. The summed E-state index contributed by atoms with van der Waals surface area (Å²) in [4.78, 5) is 4.01. The zero-order valence-electron chi connectivity index (χ0n) is 10.4. The molecule has 0 aliphatic carbocycles. The fourth-order valence-electron chi connectivity index (χ4n) is 1.75. The van der Waals surface area contributed by atoms with E-state index in [1.807, 2.05) is 36.6 Å². The number of nitrogens with zero attached hydrogens (tertiary/aromatic N) is 4. The Morgan fingerprint density at radius 3 is 2.94 bits per heavy atom. The van der Waals surface area contributed by atoms with Crippen LogP contribution in [0.3, 0.4) is 0 Å². The summed E-state index contributed by atoms with van der Waals surface area (Å²) in [5, 5.41) is 7.65. The zero-order valence-corrected chi connectivity index (χ0v) is 10.4. The predicted molar refractivity (Wildman–Crippen MR) is 66.5 cm³/mol. The van der Waals surface area contributed by atoms with Gasteiger partial charge in [0.2, 0.25) is 0 Å². The fraction of sp³-hybridized carbons (Fsp3) is 0.500. The molecule has 2 aromatic heterocycles. The zero-order chi connectivity index (χ0) is 12.1. The first-order valence-electron chi connectivity index (χ1n) is 5.91. The van der Waals surface area contributed by atoms with E-state index in [1.165, 1.54) is 11.3 Å². The van der Waals surface area contributed by atoms with Crippen LogP contribution in [0.25, 0.3) is 0 Å². The van der Waals surface area contributed by atoms with Gasteiger partial charge in [0.05, 0.1) is 12.5 Å². The van der Waals surface area contributed by atoms with E-state index in [2.05, 4.69) is 26.9 Å². The molecule has 0 aliphatic heterocycles. The molecular formula is C12H19N5. The first-order valence-corrected chi connectivity index (χ1v) is 5.91. The first-order chi connectivity index (χ1) is 8.27. The van der Waals surface area contributed by atoms with Gasteiger partial charge in [-0.05, 0) is 19.9 Å². The molecule has 0 aliphatic rings. The van der Waals surface area contributed by atoms with E-state index in [0.29, 0.717) is 0 Å². The standard InChI is InChI=1S/C12H19N5/c1-11-12(9-15-16(11)2)8-13-4-3-6-17-7-5-14-10-17/h5,7,9-10,13H,3-4,6,8H2,1-2H3. The maximum atomic E-state index is 4.22. The number of imidazole rings is 1. The van der Waals surface area contributed by atoms with Crippen molar-refractivity contribution in [2.75, 3.05) is 6.54 Å². The van der Waals surface area contributed by atoms with Crippen molar-refractivity contribution in [3.05, 3.63) is 36.2 Å². The van der Waals surface area contributed by atoms with Crippen LogP contribution in [0.1, 0.15) is 17.7 Å². The maximum Gasteiger partial charge on any atom is 0.0945 e. The molecule has 92 valence electrons. The highest BCUT2D eigenvalue weighted by atomic mass is 15.3. The number of rotatable bonds is 6. The molecule has 17 heavy (non-hydrogen) atoms. The summed E-state index contributed by atoms with van der Waals surface area (Å²) in [6.07, 6.45) is 8.69. The van der Waals surface area contributed by atoms with Crippen molar-refractivity contribution in [3.8, 4) is 0 Å². The Balaban J connectivity index is 1.65. The van der Waals surface area contributed by atoms with Gasteiger partial charge in [-0.3, -0.25) is 4.68 Å². The number of aryl methyl sites for hydroxylation is 2. The van der Waals surface area contributed by atoms with Gasteiger partial charge in [-0.15, -0.1) is 0 Å². The average molecular weight is 233 g/mol. The minimum atomic E-state index is 0.892. The van der Waals surface area contributed by atoms with Crippen molar-refractivity contribution in [3.63, 3.8) is 0 Å². The molecule has 0 atom stereocenters. The second kappa shape index (κ2) is 5.63. The van der Waals surface area contributed by atoms with E-state index in [4.69, 9.17) is 0 Å². The molecule has 0 radical (unpaired) electrons. The summed E-state index contributed by atoms with van der Waals surface area (Å²) in [6.45, 7) is 5.00. The van der Waals surface area contributed by atoms with Crippen molar-refractivity contribution in [2.24, 2.45) is 7.05 Å². The van der Waals surface area contributed by atoms with E-state index in [0.717, 1.165) is 26.1 Å². The fourth-order valence-corrected chi connectivity index (χ4v) is 1.75.